The maximum absolute atomic E-state index is 7.13. The molecule has 0 saturated heterocycles. The highest BCUT2D eigenvalue weighted by atomic mass is 16.5. The third-order valence-corrected chi connectivity index (χ3v) is 9.37. The van der Waals surface area contributed by atoms with Crippen LogP contribution in [0.2, 0.25) is 0 Å². The summed E-state index contributed by atoms with van der Waals surface area (Å²) in [5.41, 5.74) is 14.1. The number of hydrogen-bond acceptors (Lipinski definition) is 3. The van der Waals surface area contributed by atoms with E-state index in [2.05, 4.69) is 159 Å². The van der Waals surface area contributed by atoms with Gasteiger partial charge in [0, 0.05) is 27.9 Å². The van der Waals surface area contributed by atoms with Crippen LogP contribution in [0.5, 0.6) is 0 Å². The van der Waals surface area contributed by atoms with Crippen molar-refractivity contribution in [3.63, 3.8) is 0 Å². The van der Waals surface area contributed by atoms with Crippen LogP contribution >= 0.6 is 0 Å². The summed E-state index contributed by atoms with van der Waals surface area (Å²) in [5, 5.41) is 0. The fourth-order valence-corrected chi connectivity index (χ4v) is 6.58. The van der Waals surface area contributed by atoms with E-state index in [-0.39, 0.29) is 17.6 Å². The Morgan fingerprint density at radius 2 is 1.00 bits per heavy atom. The van der Waals surface area contributed by atoms with Crippen LogP contribution in [-0.2, 0) is 10.2 Å². The Morgan fingerprint density at radius 1 is 0.565 bits per heavy atom. The minimum absolute atomic E-state index is 0.288. The van der Waals surface area contributed by atoms with Gasteiger partial charge in [0.2, 0.25) is 0 Å². The van der Waals surface area contributed by atoms with Crippen LogP contribution in [-0.4, -0.2) is 33.6 Å². The van der Waals surface area contributed by atoms with Crippen molar-refractivity contribution in [1.82, 2.24) is 9.97 Å². The number of aliphatic imine (C=N–C) groups is 2. The zero-order valence-electron chi connectivity index (χ0n) is 26.5. The zero-order chi connectivity index (χ0) is 31.4. The highest BCUT2D eigenvalue weighted by Gasteiger charge is 2.31. The summed E-state index contributed by atoms with van der Waals surface area (Å²) >= 11 is 0. The summed E-state index contributed by atoms with van der Waals surface area (Å²) < 4.78 is 7.13. The lowest BCUT2D eigenvalue weighted by Crippen LogP contribution is -2.22. The molecule has 0 amide bonds. The maximum Gasteiger partial charge on any atom is 0.105 e. The Labute approximate surface area is 269 Å². The molecular weight excluding hydrogens is 564 g/mol. The average molecular weight is 601 g/mol. The summed E-state index contributed by atoms with van der Waals surface area (Å²) in [6.45, 7) is 8.69. The molecule has 2 aromatic carbocycles. The van der Waals surface area contributed by atoms with Gasteiger partial charge < -0.3 is 14.7 Å². The molecule has 0 radical (unpaired) electrons. The first-order valence-corrected chi connectivity index (χ1v) is 15.9. The van der Waals surface area contributed by atoms with Crippen LogP contribution in [0.4, 0.5) is 0 Å². The van der Waals surface area contributed by atoms with Crippen molar-refractivity contribution in [2.24, 2.45) is 9.98 Å². The first-order valence-electron chi connectivity index (χ1n) is 15.9. The second-order valence-corrected chi connectivity index (χ2v) is 12.9. The second-order valence-electron chi connectivity index (χ2n) is 12.9. The zero-order valence-corrected chi connectivity index (χ0v) is 26.5. The molecule has 4 aliphatic heterocycles. The number of hydrogen-bond donors (Lipinski definition) is 2. The highest BCUT2D eigenvalue weighted by molar-refractivity contribution is 6.12. The molecule has 2 N–H and O–H groups in total. The normalized spacial score (nSPS) is 24.4. The predicted molar refractivity (Wildman–Crippen MR) is 188 cm³/mol. The van der Waals surface area contributed by atoms with Crippen molar-refractivity contribution in [2.75, 3.05) is 0 Å². The molecule has 2 aromatic heterocycles. The number of rotatable bonds is 2. The Balaban J connectivity index is 1.37. The number of nitrogens with zero attached hydrogens (tertiary/aromatic N) is 2. The van der Waals surface area contributed by atoms with Crippen LogP contribution in [0.3, 0.4) is 0 Å². The van der Waals surface area contributed by atoms with Gasteiger partial charge in [0.15, 0.2) is 0 Å². The molecule has 0 fully saturated rings. The third kappa shape index (κ3) is 4.93. The van der Waals surface area contributed by atoms with Gasteiger partial charge in [0.05, 0.1) is 34.2 Å². The molecule has 0 spiro atoms. The molecule has 226 valence electrons. The molecule has 5 nitrogen and oxygen atoms in total. The molecule has 2 unspecified atom stereocenters. The summed E-state index contributed by atoms with van der Waals surface area (Å²) in [6, 6.07) is 25.9. The van der Waals surface area contributed by atoms with Gasteiger partial charge in [-0.25, -0.2) is 9.98 Å². The van der Waals surface area contributed by atoms with Crippen LogP contribution in [0.25, 0.3) is 11.1 Å². The topological polar surface area (TPSA) is 65.5 Å². The van der Waals surface area contributed by atoms with Gasteiger partial charge in [0.25, 0.3) is 0 Å². The summed E-state index contributed by atoms with van der Waals surface area (Å²) in [7, 11) is 0. The van der Waals surface area contributed by atoms with Gasteiger partial charge in [-0.05, 0) is 87.4 Å². The number of aromatic nitrogens is 2. The molecule has 10 bridgehead atoms. The molecule has 46 heavy (non-hydrogen) atoms. The van der Waals surface area contributed by atoms with E-state index in [9.17, 15) is 0 Å². The number of aryl methyl sites for hydroxylation is 2. The highest BCUT2D eigenvalue weighted by Crippen LogP contribution is 2.38. The number of aromatic amines is 2. The van der Waals surface area contributed by atoms with Crippen LogP contribution in [0.15, 0.2) is 143 Å². The first kappa shape index (κ1) is 28.2. The van der Waals surface area contributed by atoms with E-state index >= 15 is 0 Å². The molecule has 4 aliphatic rings. The Morgan fingerprint density at radius 3 is 1.43 bits per heavy atom. The maximum atomic E-state index is 7.13. The molecule has 0 aliphatic carbocycles. The van der Waals surface area contributed by atoms with E-state index in [1.165, 1.54) is 11.1 Å². The monoisotopic (exact) mass is 600 g/mol. The quantitative estimate of drug-likeness (QED) is 0.237. The Bertz CT molecular complexity index is 1950. The van der Waals surface area contributed by atoms with Crippen LogP contribution < -0.4 is 0 Å². The van der Waals surface area contributed by atoms with Gasteiger partial charge in [-0.2, -0.15) is 0 Å². The fourth-order valence-electron chi connectivity index (χ4n) is 6.58. The lowest BCUT2D eigenvalue weighted by molar-refractivity contribution is 0.109. The summed E-state index contributed by atoms with van der Waals surface area (Å²) in [5.74, 6) is 0. The summed E-state index contributed by atoms with van der Waals surface area (Å²) in [6.07, 6.45) is 16.1. The van der Waals surface area contributed by atoms with Gasteiger partial charge in [-0.15, -0.1) is 0 Å². The smallest absolute Gasteiger partial charge is 0.105 e. The Hall–Kier alpha value is -5.26. The second kappa shape index (κ2) is 11.0. The molecule has 0 saturated carbocycles. The van der Waals surface area contributed by atoms with Gasteiger partial charge in [-0.1, -0.05) is 84.0 Å². The van der Waals surface area contributed by atoms with Crippen molar-refractivity contribution < 1.29 is 4.74 Å². The molecule has 4 aromatic rings. The van der Waals surface area contributed by atoms with Crippen molar-refractivity contribution >= 4 is 22.6 Å². The number of nitrogens with one attached hydrogen (secondary N) is 2. The number of benzene rings is 2. The third-order valence-electron chi connectivity index (χ3n) is 9.37. The lowest BCUT2D eigenvalue weighted by atomic mass is 9.86. The standard InChI is InChI=1S/C41H36N4O/c1-25-9-13-27(14-10-25)39-33-19-17-29(42-33)31-21-23-37(44-31)41(3,4)38-24-22-32(45-38)30-18-20-34(43-30)40(28-15-11-26(2)12-16-28)36-8-6-5-7-35(39)46-36/h5-24,35-36,44-45H,1-4H3/b39-33-,40-34-. The van der Waals surface area contributed by atoms with Crippen LogP contribution in [0, 0.1) is 13.8 Å². The molecule has 8 rings (SSSR count). The van der Waals surface area contributed by atoms with Gasteiger partial charge >= 0.3 is 0 Å². The van der Waals surface area contributed by atoms with E-state index in [0.717, 1.165) is 67.9 Å². The number of allylic oxidation sites excluding steroid dienone is 6. The van der Waals surface area contributed by atoms with E-state index in [4.69, 9.17) is 14.7 Å². The number of fused-ring (bicyclic) bond motifs is 10. The van der Waals surface area contributed by atoms with Gasteiger partial charge in [0.1, 0.15) is 12.2 Å². The fraction of sp³-hybridized carbons (Fsp3) is 0.171. The largest absolute Gasteiger partial charge is 0.357 e. The van der Waals surface area contributed by atoms with E-state index in [1.54, 1.807) is 0 Å². The van der Waals surface area contributed by atoms with Crippen molar-refractivity contribution in [1.29, 1.82) is 0 Å². The summed E-state index contributed by atoms with van der Waals surface area (Å²) in [4.78, 5) is 17.8. The van der Waals surface area contributed by atoms with Crippen molar-refractivity contribution in [3.05, 3.63) is 178 Å². The number of ether oxygens (including phenoxy) is 1. The Kier molecular flexibility index (Phi) is 6.73. The van der Waals surface area contributed by atoms with E-state index in [0.29, 0.717) is 0 Å². The predicted octanol–water partition coefficient (Wildman–Crippen LogP) is 8.72. The van der Waals surface area contributed by atoms with Crippen molar-refractivity contribution in [3.8, 4) is 0 Å². The first-order chi connectivity index (χ1) is 22.3. The molecule has 6 heterocycles. The molecular formula is C41H36N4O. The minimum Gasteiger partial charge on any atom is -0.357 e. The van der Waals surface area contributed by atoms with E-state index in [1.807, 2.05) is 0 Å². The lowest BCUT2D eigenvalue weighted by Gasteiger charge is -2.26. The minimum atomic E-state index is -0.358. The molecule has 5 heteroatoms. The average Bonchev–Trinajstić information content (AvgIpc) is 3.86. The number of H-pyrrole nitrogens is 2. The van der Waals surface area contributed by atoms with E-state index < -0.39 is 0 Å². The SMILES string of the molecule is Cc1ccc(/C2=C3\C=CC(=N3)c3ccc([nH]3)C(C)(C)c3ccc([nH]3)C3=N/C(=C(/c4ccc(C)cc4)C4C=CC=CC2O4)C=C3)cc1. The van der Waals surface area contributed by atoms with Gasteiger partial charge in [-0.3, -0.25) is 0 Å². The van der Waals surface area contributed by atoms with Crippen LogP contribution in [0.1, 0.15) is 58.9 Å². The molecule has 2 atom stereocenters. The van der Waals surface area contributed by atoms with Crippen molar-refractivity contribution in [2.45, 2.75) is 45.3 Å².